The number of carboxylic acid groups (broad SMARTS) is 1. The molecule has 0 aliphatic heterocycles. The number of thiol groups is 1. The summed E-state index contributed by atoms with van der Waals surface area (Å²) in [5, 5.41) is 19.6. The fourth-order valence-corrected chi connectivity index (χ4v) is 4.81. The van der Waals surface area contributed by atoms with Crippen LogP contribution in [0.5, 0.6) is 0 Å². The molecule has 0 aliphatic carbocycles. The number of anilines is 2. The molecule has 0 fully saturated rings. The van der Waals surface area contributed by atoms with Gasteiger partial charge in [0, 0.05) is 17.1 Å². The van der Waals surface area contributed by atoms with Crippen LogP contribution in [0.4, 0.5) is 15.8 Å². The van der Waals surface area contributed by atoms with Crippen molar-refractivity contribution in [3.8, 4) is 17.2 Å². The summed E-state index contributed by atoms with van der Waals surface area (Å²) in [6.45, 7) is 5.57. The molecule has 0 aliphatic rings. The van der Waals surface area contributed by atoms with E-state index in [2.05, 4.69) is 4.98 Å². The van der Waals surface area contributed by atoms with Crippen LogP contribution >= 0.6 is 0 Å². The first kappa shape index (κ1) is 31.9. The minimum absolute atomic E-state index is 0. The average Bonchev–Trinajstić information content (AvgIpc) is 2.82. The van der Waals surface area contributed by atoms with Gasteiger partial charge in [0.15, 0.2) is 0 Å². The average molecular weight is 552 g/mol. The maximum absolute atomic E-state index is 15.0. The molecule has 0 amide bonds. The van der Waals surface area contributed by atoms with Crippen LogP contribution in [-0.4, -0.2) is 83.6 Å². The number of hydrogen-bond donors (Lipinski definition) is 2. The molecule has 3 aromatic carbocycles. The number of pyridine rings is 1. The van der Waals surface area contributed by atoms with E-state index in [1.807, 2.05) is 26.8 Å². The molecule has 4 rings (SSSR count). The Morgan fingerprint density at radius 3 is 2.32 bits per heavy atom. The summed E-state index contributed by atoms with van der Waals surface area (Å²) in [6.07, 6.45) is 1.46. The zero-order valence-electron chi connectivity index (χ0n) is 19.7. The van der Waals surface area contributed by atoms with Gasteiger partial charge in [-0.1, -0.05) is 39.0 Å². The third kappa shape index (κ3) is 6.29. The standard InChI is InChI=1S/C27H22FN3O4S.2Na.2H/c1-27(2,3)22-10-7-17(14-23(22)28)31(36(34)35)24-11-6-16(15-29)13-21(24)18-8-9-20(26(32)33)25-19(18)5-4-12-30-25;;;;/h4-14,36H,1-3H3,(H,32,33);;;;. The molecule has 1 N–H and O–H groups in total. The Balaban J connectivity index is 0.00000253. The van der Waals surface area contributed by atoms with Gasteiger partial charge < -0.3 is 5.11 Å². The fourth-order valence-electron chi connectivity index (χ4n) is 4.15. The van der Waals surface area contributed by atoms with Crippen molar-refractivity contribution in [2.75, 3.05) is 4.31 Å². The van der Waals surface area contributed by atoms with Crippen LogP contribution in [0, 0.1) is 17.1 Å². The van der Waals surface area contributed by atoms with E-state index in [1.54, 1.807) is 24.3 Å². The zero-order chi connectivity index (χ0) is 26.2. The van der Waals surface area contributed by atoms with E-state index in [9.17, 15) is 23.6 Å². The first-order chi connectivity index (χ1) is 17.0. The van der Waals surface area contributed by atoms with Gasteiger partial charge in [0.25, 0.3) is 0 Å². The van der Waals surface area contributed by atoms with Crippen LogP contribution < -0.4 is 4.31 Å². The van der Waals surface area contributed by atoms with Crippen LogP contribution in [0.3, 0.4) is 0 Å². The van der Waals surface area contributed by atoms with Crippen LogP contribution in [0.25, 0.3) is 22.0 Å². The maximum atomic E-state index is 15.0. The fraction of sp³-hybridized carbons (Fsp3) is 0.148. The van der Waals surface area contributed by atoms with Crippen LogP contribution in [0.1, 0.15) is 42.3 Å². The molecule has 0 spiro atoms. The van der Waals surface area contributed by atoms with Gasteiger partial charge in [0.1, 0.15) is 5.82 Å². The van der Waals surface area contributed by atoms with E-state index in [-0.39, 0.29) is 87.1 Å². The monoisotopic (exact) mass is 551 g/mol. The van der Waals surface area contributed by atoms with Gasteiger partial charge >= 0.3 is 65.1 Å². The molecule has 0 saturated heterocycles. The molecular formula is C27H24FN3Na2O4S. The minimum atomic E-state index is -3.27. The van der Waals surface area contributed by atoms with E-state index in [0.717, 1.165) is 4.31 Å². The molecule has 0 bridgehead atoms. The predicted octanol–water partition coefficient (Wildman–Crippen LogP) is 4.28. The number of carboxylic acids is 1. The van der Waals surface area contributed by atoms with E-state index in [0.29, 0.717) is 22.1 Å². The quantitative estimate of drug-likeness (QED) is 0.283. The predicted molar refractivity (Wildman–Crippen MR) is 151 cm³/mol. The van der Waals surface area contributed by atoms with Gasteiger partial charge in [-0.3, -0.25) is 4.98 Å². The van der Waals surface area contributed by atoms with Crippen LogP contribution in [0.15, 0.2) is 66.9 Å². The number of fused-ring (bicyclic) bond motifs is 1. The molecule has 1 aromatic heterocycles. The number of nitrogens with zero attached hydrogens (tertiary/aromatic N) is 3. The Labute approximate surface area is 266 Å². The van der Waals surface area contributed by atoms with Crippen molar-refractivity contribution in [2.45, 2.75) is 26.2 Å². The Kier molecular flexibility index (Phi) is 10.7. The zero-order valence-corrected chi connectivity index (χ0v) is 20.6. The van der Waals surface area contributed by atoms with Crippen molar-refractivity contribution in [1.29, 1.82) is 5.26 Å². The Hall–Kier alpha value is -2.29. The van der Waals surface area contributed by atoms with Crippen molar-refractivity contribution >= 4 is 98.3 Å². The molecule has 38 heavy (non-hydrogen) atoms. The second-order valence-corrected chi connectivity index (χ2v) is 10.0. The van der Waals surface area contributed by atoms with Gasteiger partial charge in [0.05, 0.1) is 34.1 Å². The third-order valence-corrected chi connectivity index (χ3v) is 6.59. The number of aromatic nitrogens is 1. The van der Waals surface area contributed by atoms with Crippen LogP contribution in [-0.2, 0) is 16.3 Å². The van der Waals surface area contributed by atoms with E-state index in [1.165, 1.54) is 42.6 Å². The number of nitriles is 1. The second-order valence-electron chi connectivity index (χ2n) is 9.17. The molecule has 1 heterocycles. The molecule has 4 aromatic rings. The number of hydrogen-bond acceptors (Lipinski definition) is 5. The van der Waals surface area contributed by atoms with E-state index in [4.69, 9.17) is 0 Å². The first-order valence-electron chi connectivity index (χ1n) is 10.9. The summed E-state index contributed by atoms with van der Waals surface area (Å²) in [5.41, 5.74) is 1.52. The van der Waals surface area contributed by atoms with Crippen LogP contribution in [0.2, 0.25) is 0 Å². The van der Waals surface area contributed by atoms with E-state index < -0.39 is 28.1 Å². The van der Waals surface area contributed by atoms with Gasteiger partial charge in [-0.2, -0.15) is 5.26 Å². The summed E-state index contributed by atoms with van der Waals surface area (Å²) >= 11 is 0. The third-order valence-electron chi connectivity index (χ3n) is 5.81. The SMILES string of the molecule is CC(C)(C)c1ccc(N(c2ccc(C#N)cc2-c2ccc(C(=O)O)c3ncccc23)[SH](=O)=O)cc1F.[NaH].[NaH]. The summed E-state index contributed by atoms with van der Waals surface area (Å²) < 4.78 is 41.1. The van der Waals surface area contributed by atoms with Crippen molar-refractivity contribution in [1.82, 2.24) is 4.98 Å². The molecule has 186 valence electrons. The van der Waals surface area contributed by atoms with Gasteiger partial charge in [-0.15, -0.1) is 0 Å². The van der Waals surface area contributed by atoms with E-state index >= 15 is 4.39 Å². The summed E-state index contributed by atoms with van der Waals surface area (Å²) in [5.74, 6) is -1.70. The van der Waals surface area contributed by atoms with Crippen molar-refractivity contribution in [3.63, 3.8) is 0 Å². The summed E-state index contributed by atoms with van der Waals surface area (Å²) in [4.78, 5) is 16.0. The summed E-state index contributed by atoms with van der Waals surface area (Å²) in [6, 6.07) is 17.0. The second kappa shape index (κ2) is 12.7. The Morgan fingerprint density at radius 1 is 1.03 bits per heavy atom. The number of rotatable bonds is 5. The number of halogens is 1. The topological polar surface area (TPSA) is 111 Å². The molecule has 11 heteroatoms. The Bertz CT molecular complexity index is 1640. The molecule has 0 unspecified atom stereocenters. The van der Waals surface area contributed by atoms with Gasteiger partial charge in [-0.25, -0.2) is 21.9 Å². The van der Waals surface area contributed by atoms with Crippen molar-refractivity contribution in [3.05, 3.63) is 89.4 Å². The molecule has 0 saturated carbocycles. The normalized spacial score (nSPS) is 10.8. The molecule has 0 atom stereocenters. The number of aromatic carboxylic acids is 1. The number of carbonyl (C=O) groups is 1. The molecular weight excluding hydrogens is 527 g/mol. The summed E-state index contributed by atoms with van der Waals surface area (Å²) in [7, 11) is -3.27. The number of benzene rings is 3. The Morgan fingerprint density at radius 2 is 1.74 bits per heavy atom. The van der Waals surface area contributed by atoms with Gasteiger partial charge in [-0.05, 0) is 59.0 Å². The van der Waals surface area contributed by atoms with Crippen molar-refractivity contribution < 1.29 is 22.7 Å². The van der Waals surface area contributed by atoms with Gasteiger partial charge in [0.2, 0.25) is 10.9 Å². The first-order valence-corrected chi connectivity index (χ1v) is 12.1. The molecule has 0 radical (unpaired) electrons. The molecule has 7 nitrogen and oxygen atoms in total. The van der Waals surface area contributed by atoms with Crippen molar-refractivity contribution in [2.24, 2.45) is 0 Å².